The Balaban J connectivity index is 1.33. The van der Waals surface area contributed by atoms with E-state index < -0.39 is 17.4 Å². The number of nitrogens with zero attached hydrogens (tertiary/aromatic N) is 5. The summed E-state index contributed by atoms with van der Waals surface area (Å²) in [6.45, 7) is 11.2. The first-order valence-corrected chi connectivity index (χ1v) is 14.0. The first-order chi connectivity index (χ1) is 18.0. The van der Waals surface area contributed by atoms with Crippen LogP contribution in [0.3, 0.4) is 0 Å². The molecule has 38 heavy (non-hydrogen) atoms. The summed E-state index contributed by atoms with van der Waals surface area (Å²) >= 11 is 1.09. The Bertz CT molecular complexity index is 1190. The quantitative estimate of drug-likeness (QED) is 0.540. The third-order valence-electron chi connectivity index (χ3n) is 8.70. The monoisotopic (exact) mass is 545 g/mol. The zero-order chi connectivity index (χ0) is 27.2. The van der Waals surface area contributed by atoms with Crippen LogP contribution in [-0.4, -0.2) is 77.6 Å². The highest BCUT2D eigenvalue weighted by Crippen LogP contribution is 2.47. The summed E-state index contributed by atoms with van der Waals surface area (Å²) < 4.78 is 26.4. The largest absolute Gasteiger partial charge is 0.464 e. The van der Waals surface area contributed by atoms with Crippen molar-refractivity contribution in [1.29, 1.82) is 0 Å². The van der Waals surface area contributed by atoms with Gasteiger partial charge in [-0.05, 0) is 45.6 Å². The van der Waals surface area contributed by atoms with Crippen molar-refractivity contribution >= 4 is 29.4 Å². The number of piperidine rings is 1. The predicted molar refractivity (Wildman–Crippen MR) is 142 cm³/mol. The van der Waals surface area contributed by atoms with E-state index in [-0.39, 0.29) is 28.9 Å². The fourth-order valence-electron chi connectivity index (χ4n) is 5.64. The number of hydrogen-bond donors (Lipinski definition) is 1. The highest BCUT2D eigenvalue weighted by atomic mass is 32.2. The van der Waals surface area contributed by atoms with Crippen LogP contribution in [0.5, 0.6) is 0 Å². The van der Waals surface area contributed by atoms with E-state index in [1.165, 1.54) is 7.11 Å². The molecule has 0 unspecified atom stereocenters. The highest BCUT2D eigenvalue weighted by Gasteiger charge is 2.47. The molecule has 1 N–H and O–H groups in total. The molecule has 206 valence electrons. The van der Waals surface area contributed by atoms with Crippen LogP contribution in [0.15, 0.2) is 28.4 Å². The second-order valence-electron chi connectivity index (χ2n) is 11.3. The first kappa shape index (κ1) is 27.1. The van der Waals surface area contributed by atoms with Crippen molar-refractivity contribution in [1.82, 2.24) is 15.0 Å². The molecule has 3 saturated heterocycles. The van der Waals surface area contributed by atoms with Crippen LogP contribution >= 0.6 is 11.8 Å². The van der Waals surface area contributed by atoms with Crippen LogP contribution < -0.4 is 9.80 Å². The molecule has 5 heterocycles. The van der Waals surface area contributed by atoms with E-state index >= 15 is 4.39 Å². The normalized spacial score (nSPS) is 23.6. The first-order valence-electron chi connectivity index (χ1n) is 13.1. The minimum atomic E-state index is -0.822. The molecule has 0 radical (unpaired) electrons. The van der Waals surface area contributed by atoms with Gasteiger partial charge in [-0.15, -0.1) is 0 Å². The fourth-order valence-corrected chi connectivity index (χ4v) is 6.42. The van der Waals surface area contributed by atoms with Gasteiger partial charge in [0.05, 0.1) is 36.5 Å². The molecule has 0 amide bonds. The maximum atomic E-state index is 15.4. The number of esters is 1. The van der Waals surface area contributed by atoms with Crippen LogP contribution in [-0.2, 0) is 9.47 Å². The Morgan fingerprint density at radius 2 is 1.92 bits per heavy atom. The average molecular weight is 546 g/mol. The number of aliphatic hydroxyl groups is 1. The van der Waals surface area contributed by atoms with Crippen molar-refractivity contribution in [2.24, 2.45) is 17.3 Å². The standard InChI is InChI=1S/C27H36FN5O4S/c1-16-17(2)37-15-27(16)7-10-32(11-8-27)24-22(25(34)36-5)31-20(12-30-24)38-19-6-9-29-23(21(19)28)33-13-18(14-33)26(3,4)35/h6,9,12,16-18,35H,7-8,10-11,13-15H2,1-5H3/t16-,17+/m1/s1. The van der Waals surface area contributed by atoms with Gasteiger partial charge in [0.1, 0.15) is 5.03 Å². The van der Waals surface area contributed by atoms with E-state index in [4.69, 9.17) is 9.47 Å². The van der Waals surface area contributed by atoms with E-state index in [2.05, 4.69) is 33.7 Å². The van der Waals surface area contributed by atoms with Crippen molar-refractivity contribution < 1.29 is 23.8 Å². The SMILES string of the molecule is COC(=O)c1nc(Sc2ccnc(N3CC(C(C)(C)O)C3)c2F)cnc1N1CCC2(CC1)CO[C@@H](C)[C@H]2C. The molecule has 2 aromatic heterocycles. The van der Waals surface area contributed by atoms with Gasteiger partial charge < -0.3 is 24.4 Å². The summed E-state index contributed by atoms with van der Waals surface area (Å²) in [5, 5.41) is 10.6. The van der Waals surface area contributed by atoms with Gasteiger partial charge in [-0.2, -0.15) is 0 Å². The number of halogens is 1. The summed E-state index contributed by atoms with van der Waals surface area (Å²) in [5.41, 5.74) is -0.537. The van der Waals surface area contributed by atoms with E-state index in [1.807, 2.05) is 4.90 Å². The Kier molecular flexibility index (Phi) is 7.30. The summed E-state index contributed by atoms with van der Waals surface area (Å²) in [5.74, 6) is 0.237. The third-order valence-corrected chi connectivity index (χ3v) is 9.64. The Morgan fingerprint density at radius 1 is 1.21 bits per heavy atom. The molecule has 0 aliphatic carbocycles. The summed E-state index contributed by atoms with van der Waals surface area (Å²) in [4.78, 5) is 30.3. The lowest BCUT2D eigenvalue weighted by atomic mass is 9.70. The van der Waals surface area contributed by atoms with Gasteiger partial charge in [-0.25, -0.2) is 24.1 Å². The number of pyridine rings is 1. The molecular weight excluding hydrogens is 509 g/mol. The number of carbonyl (C=O) groups excluding carboxylic acids is 1. The predicted octanol–water partition coefficient (Wildman–Crippen LogP) is 3.80. The molecule has 1 spiro atoms. The van der Waals surface area contributed by atoms with E-state index in [0.29, 0.717) is 34.7 Å². The number of hydrogen-bond acceptors (Lipinski definition) is 10. The number of ether oxygens (including phenoxy) is 2. The summed E-state index contributed by atoms with van der Waals surface area (Å²) in [6.07, 6.45) is 5.29. The van der Waals surface area contributed by atoms with Gasteiger partial charge >= 0.3 is 5.97 Å². The van der Waals surface area contributed by atoms with Crippen molar-refractivity contribution in [2.45, 2.75) is 62.2 Å². The minimum absolute atomic E-state index is 0.0542. The zero-order valence-corrected chi connectivity index (χ0v) is 23.4. The molecule has 0 aromatic carbocycles. The van der Waals surface area contributed by atoms with Crippen molar-refractivity contribution in [3.63, 3.8) is 0 Å². The molecule has 2 aromatic rings. The van der Waals surface area contributed by atoms with Gasteiger partial charge in [0.25, 0.3) is 0 Å². The molecular formula is C27H36FN5O4S. The molecule has 0 bridgehead atoms. The minimum Gasteiger partial charge on any atom is -0.464 e. The van der Waals surface area contributed by atoms with E-state index in [0.717, 1.165) is 44.3 Å². The van der Waals surface area contributed by atoms with Crippen LogP contribution in [0.2, 0.25) is 0 Å². The van der Waals surface area contributed by atoms with Crippen molar-refractivity contribution in [3.05, 3.63) is 30.0 Å². The second-order valence-corrected chi connectivity index (χ2v) is 12.4. The van der Waals surface area contributed by atoms with Gasteiger partial charge in [-0.3, -0.25) is 0 Å². The molecule has 11 heteroatoms. The van der Waals surface area contributed by atoms with Gasteiger partial charge in [0, 0.05) is 43.7 Å². The zero-order valence-electron chi connectivity index (χ0n) is 22.6. The van der Waals surface area contributed by atoms with Crippen LogP contribution in [0.25, 0.3) is 0 Å². The van der Waals surface area contributed by atoms with Crippen LogP contribution in [0.1, 0.15) is 51.0 Å². The summed E-state index contributed by atoms with van der Waals surface area (Å²) in [7, 11) is 1.32. The lowest BCUT2D eigenvalue weighted by Gasteiger charge is -2.45. The molecule has 3 aliphatic rings. The maximum absolute atomic E-state index is 15.4. The number of carbonyl (C=O) groups is 1. The van der Waals surface area contributed by atoms with E-state index in [9.17, 15) is 9.90 Å². The summed E-state index contributed by atoms with van der Waals surface area (Å²) in [6, 6.07) is 1.58. The lowest BCUT2D eigenvalue weighted by Crippen LogP contribution is -2.56. The van der Waals surface area contributed by atoms with Crippen molar-refractivity contribution in [3.8, 4) is 0 Å². The second kappa shape index (κ2) is 10.2. The van der Waals surface area contributed by atoms with E-state index in [1.54, 1.807) is 32.3 Å². The van der Waals surface area contributed by atoms with Crippen molar-refractivity contribution in [2.75, 3.05) is 49.7 Å². The van der Waals surface area contributed by atoms with Gasteiger partial charge in [0.2, 0.25) is 0 Å². The average Bonchev–Trinajstić information content (AvgIpc) is 3.13. The molecule has 3 aliphatic heterocycles. The number of aromatic nitrogens is 3. The molecule has 5 rings (SSSR count). The number of methoxy groups -OCH3 is 1. The Morgan fingerprint density at radius 3 is 2.53 bits per heavy atom. The molecule has 0 saturated carbocycles. The van der Waals surface area contributed by atoms with Crippen LogP contribution in [0.4, 0.5) is 16.0 Å². The fraction of sp³-hybridized carbons (Fsp3) is 0.630. The maximum Gasteiger partial charge on any atom is 0.360 e. The highest BCUT2D eigenvalue weighted by molar-refractivity contribution is 7.99. The third kappa shape index (κ3) is 4.96. The Labute approximate surface area is 227 Å². The number of anilines is 2. The Hall–Kier alpha value is -2.50. The topological polar surface area (TPSA) is 101 Å². The molecule has 9 nitrogen and oxygen atoms in total. The van der Waals surface area contributed by atoms with Gasteiger partial charge in [0.15, 0.2) is 23.1 Å². The lowest BCUT2D eigenvalue weighted by molar-refractivity contribution is 0.00415. The smallest absolute Gasteiger partial charge is 0.360 e. The molecule has 2 atom stereocenters. The van der Waals surface area contributed by atoms with Gasteiger partial charge in [-0.1, -0.05) is 18.7 Å². The number of rotatable bonds is 6. The van der Waals surface area contributed by atoms with Crippen LogP contribution in [0, 0.1) is 23.1 Å². The molecule has 3 fully saturated rings.